The summed E-state index contributed by atoms with van der Waals surface area (Å²) >= 11 is 6.19. The highest BCUT2D eigenvalue weighted by Crippen LogP contribution is 2.24. The molecule has 0 amide bonds. The van der Waals surface area contributed by atoms with Crippen molar-refractivity contribution in [3.8, 4) is 0 Å². The van der Waals surface area contributed by atoms with Gasteiger partial charge in [-0.3, -0.25) is 0 Å². The summed E-state index contributed by atoms with van der Waals surface area (Å²) in [5.74, 6) is 2.20. The van der Waals surface area contributed by atoms with Crippen molar-refractivity contribution >= 4 is 35.0 Å². The van der Waals surface area contributed by atoms with Gasteiger partial charge >= 0.3 is 0 Å². The molecule has 0 spiro atoms. The largest absolute Gasteiger partial charge is 0.353 e. The molecule has 8 heteroatoms. The predicted molar refractivity (Wildman–Crippen MR) is 103 cm³/mol. The van der Waals surface area contributed by atoms with Crippen LogP contribution in [0.2, 0.25) is 5.02 Å². The van der Waals surface area contributed by atoms with E-state index in [9.17, 15) is 0 Å². The molecular weight excluding hydrogens is 350 g/mol. The lowest BCUT2D eigenvalue weighted by Crippen LogP contribution is -2.47. The number of benzene rings is 1. The minimum Gasteiger partial charge on any atom is -0.353 e. The van der Waals surface area contributed by atoms with E-state index in [0.29, 0.717) is 11.0 Å². The topological polar surface area (TPSA) is 70.1 Å². The van der Waals surface area contributed by atoms with Gasteiger partial charge in [-0.1, -0.05) is 23.7 Å². The highest BCUT2D eigenvalue weighted by Gasteiger charge is 2.20. The van der Waals surface area contributed by atoms with Gasteiger partial charge in [-0.2, -0.15) is 4.98 Å². The predicted octanol–water partition coefficient (Wildman–Crippen LogP) is 2.99. The Bertz CT molecular complexity index is 866. The van der Waals surface area contributed by atoms with E-state index in [2.05, 4.69) is 35.1 Å². The smallest absolute Gasteiger partial charge is 0.229 e. The van der Waals surface area contributed by atoms with Gasteiger partial charge in [-0.15, -0.1) is 0 Å². The van der Waals surface area contributed by atoms with Crippen molar-refractivity contribution in [2.45, 2.75) is 0 Å². The molecule has 0 saturated carbocycles. The average Bonchev–Trinajstić information content (AvgIpc) is 2.71. The molecule has 1 aromatic carbocycles. The lowest BCUT2D eigenvalue weighted by atomic mass is 10.3. The van der Waals surface area contributed by atoms with Crippen LogP contribution in [-0.2, 0) is 0 Å². The first-order valence-corrected chi connectivity index (χ1v) is 8.79. The summed E-state index contributed by atoms with van der Waals surface area (Å²) in [4.78, 5) is 22.0. The fourth-order valence-electron chi connectivity index (χ4n) is 2.86. The number of para-hydroxylation sites is 1. The Balaban J connectivity index is 1.44. The van der Waals surface area contributed by atoms with Crippen LogP contribution in [0.15, 0.2) is 55.0 Å². The zero-order chi connectivity index (χ0) is 17.8. The second-order valence-corrected chi connectivity index (χ2v) is 6.27. The van der Waals surface area contributed by atoms with E-state index in [4.69, 9.17) is 11.6 Å². The molecule has 0 radical (unpaired) electrons. The Kier molecular flexibility index (Phi) is 4.79. The molecule has 0 atom stereocenters. The second-order valence-electron chi connectivity index (χ2n) is 5.87. The van der Waals surface area contributed by atoms with Gasteiger partial charge in [0.1, 0.15) is 5.82 Å². The molecule has 1 aliphatic rings. The molecule has 2 aromatic heterocycles. The quantitative estimate of drug-likeness (QED) is 0.760. The molecule has 0 bridgehead atoms. The summed E-state index contributed by atoms with van der Waals surface area (Å²) in [7, 11) is 0. The number of rotatable bonds is 4. The summed E-state index contributed by atoms with van der Waals surface area (Å²) in [5.41, 5.74) is 0.789. The fraction of sp³-hybridized carbons (Fsp3) is 0.222. The van der Waals surface area contributed by atoms with Crippen LogP contribution in [0.5, 0.6) is 0 Å². The highest BCUT2D eigenvalue weighted by molar-refractivity contribution is 6.33. The van der Waals surface area contributed by atoms with Gasteiger partial charge in [0.05, 0.1) is 10.7 Å². The first-order chi connectivity index (χ1) is 12.8. The Hall–Kier alpha value is -2.93. The van der Waals surface area contributed by atoms with Gasteiger partial charge in [0.25, 0.3) is 0 Å². The van der Waals surface area contributed by atoms with Crippen molar-refractivity contribution in [1.82, 2.24) is 19.9 Å². The molecule has 7 nitrogen and oxygen atoms in total. The van der Waals surface area contributed by atoms with Gasteiger partial charge in [-0.25, -0.2) is 15.0 Å². The van der Waals surface area contributed by atoms with E-state index in [1.807, 2.05) is 36.4 Å². The van der Waals surface area contributed by atoms with Crippen molar-refractivity contribution in [1.29, 1.82) is 0 Å². The van der Waals surface area contributed by atoms with Crippen LogP contribution in [0.3, 0.4) is 0 Å². The van der Waals surface area contributed by atoms with Crippen molar-refractivity contribution in [2.75, 3.05) is 41.3 Å². The first kappa shape index (κ1) is 16.5. The van der Waals surface area contributed by atoms with Gasteiger partial charge in [0.15, 0.2) is 0 Å². The van der Waals surface area contributed by atoms with Crippen molar-refractivity contribution in [3.63, 3.8) is 0 Å². The standard InChI is InChI=1S/C18H18ClN7/c19-14-4-1-2-5-15(14)23-17-20-9-6-16(24-17)25-10-12-26(13-11-25)18-21-7-3-8-22-18/h1-9H,10-13H2,(H,20,23,24). The van der Waals surface area contributed by atoms with Gasteiger partial charge in [0.2, 0.25) is 11.9 Å². The van der Waals surface area contributed by atoms with Crippen molar-refractivity contribution in [2.24, 2.45) is 0 Å². The van der Waals surface area contributed by atoms with E-state index >= 15 is 0 Å². The molecular formula is C18H18ClN7. The lowest BCUT2D eigenvalue weighted by Gasteiger charge is -2.35. The number of hydrogen-bond acceptors (Lipinski definition) is 7. The minimum atomic E-state index is 0.532. The molecule has 1 N–H and O–H groups in total. The molecule has 3 heterocycles. The van der Waals surface area contributed by atoms with Crippen molar-refractivity contribution < 1.29 is 0 Å². The lowest BCUT2D eigenvalue weighted by molar-refractivity contribution is 0.634. The van der Waals surface area contributed by atoms with Crippen LogP contribution in [0.4, 0.5) is 23.4 Å². The van der Waals surface area contributed by atoms with Crippen LogP contribution in [0, 0.1) is 0 Å². The van der Waals surface area contributed by atoms with Crippen molar-refractivity contribution in [3.05, 3.63) is 60.0 Å². The van der Waals surface area contributed by atoms with E-state index in [0.717, 1.165) is 43.6 Å². The highest BCUT2D eigenvalue weighted by atomic mass is 35.5. The number of halogens is 1. The Morgan fingerprint density at radius 1 is 0.808 bits per heavy atom. The van der Waals surface area contributed by atoms with Gasteiger partial charge in [0, 0.05) is 44.8 Å². The SMILES string of the molecule is Clc1ccccc1Nc1nccc(N2CCN(c3ncccn3)CC2)n1. The fourth-order valence-corrected chi connectivity index (χ4v) is 3.04. The zero-order valence-corrected chi connectivity index (χ0v) is 14.8. The maximum atomic E-state index is 6.19. The number of nitrogens with one attached hydrogen (secondary N) is 1. The van der Waals surface area contributed by atoms with Crippen LogP contribution >= 0.6 is 11.6 Å². The average molecular weight is 368 g/mol. The Morgan fingerprint density at radius 3 is 2.31 bits per heavy atom. The summed E-state index contributed by atoms with van der Waals surface area (Å²) < 4.78 is 0. The number of anilines is 4. The molecule has 0 aliphatic carbocycles. The third-order valence-electron chi connectivity index (χ3n) is 4.20. The number of hydrogen-bond donors (Lipinski definition) is 1. The third kappa shape index (κ3) is 3.67. The molecule has 132 valence electrons. The maximum Gasteiger partial charge on any atom is 0.229 e. The number of aromatic nitrogens is 4. The summed E-state index contributed by atoms with van der Waals surface area (Å²) in [6, 6.07) is 11.3. The van der Waals surface area contributed by atoms with Crippen LogP contribution < -0.4 is 15.1 Å². The maximum absolute atomic E-state index is 6.19. The summed E-state index contributed by atoms with van der Waals surface area (Å²) in [6.45, 7) is 3.39. The Labute approximate surface area is 156 Å². The summed E-state index contributed by atoms with van der Waals surface area (Å²) in [5, 5.41) is 3.81. The molecule has 1 saturated heterocycles. The van der Waals surface area contributed by atoms with Gasteiger partial charge in [-0.05, 0) is 24.3 Å². The van der Waals surface area contributed by atoms with Crippen LogP contribution in [-0.4, -0.2) is 46.1 Å². The van der Waals surface area contributed by atoms with E-state index in [1.54, 1.807) is 18.6 Å². The summed E-state index contributed by atoms with van der Waals surface area (Å²) in [6.07, 6.45) is 5.30. The molecule has 26 heavy (non-hydrogen) atoms. The third-order valence-corrected chi connectivity index (χ3v) is 4.53. The van der Waals surface area contributed by atoms with Gasteiger partial charge < -0.3 is 15.1 Å². The number of nitrogens with zero attached hydrogens (tertiary/aromatic N) is 6. The normalized spacial score (nSPS) is 14.3. The van der Waals surface area contributed by atoms with Crippen LogP contribution in [0.1, 0.15) is 0 Å². The molecule has 1 aliphatic heterocycles. The molecule has 4 rings (SSSR count). The molecule has 1 fully saturated rings. The minimum absolute atomic E-state index is 0.532. The number of piperazine rings is 1. The van der Waals surface area contributed by atoms with E-state index < -0.39 is 0 Å². The zero-order valence-electron chi connectivity index (χ0n) is 14.1. The van der Waals surface area contributed by atoms with Crippen LogP contribution in [0.25, 0.3) is 0 Å². The second kappa shape index (κ2) is 7.53. The van der Waals surface area contributed by atoms with E-state index in [1.165, 1.54) is 0 Å². The monoisotopic (exact) mass is 367 g/mol. The molecule has 0 unspecified atom stereocenters. The molecule has 3 aromatic rings. The first-order valence-electron chi connectivity index (χ1n) is 8.41. The Morgan fingerprint density at radius 2 is 1.54 bits per heavy atom. The van der Waals surface area contributed by atoms with E-state index in [-0.39, 0.29) is 0 Å².